The zero-order valence-electron chi connectivity index (χ0n) is 8.42. The molecule has 1 rings (SSSR count). The minimum atomic E-state index is 0.392. The average molecular weight is 170 g/mol. The minimum absolute atomic E-state index is 0.392. The van der Waals surface area contributed by atoms with Gasteiger partial charge in [0.2, 0.25) is 0 Å². The second-order valence-electron chi connectivity index (χ2n) is 4.09. The summed E-state index contributed by atoms with van der Waals surface area (Å²) in [6.07, 6.45) is 3.93. The third kappa shape index (κ3) is 3.11. The monoisotopic (exact) mass is 170 g/mol. The van der Waals surface area contributed by atoms with Crippen molar-refractivity contribution in [3.8, 4) is 0 Å². The second kappa shape index (κ2) is 4.83. The van der Waals surface area contributed by atoms with E-state index in [9.17, 15) is 0 Å². The van der Waals surface area contributed by atoms with Crippen LogP contribution in [-0.2, 0) is 0 Å². The molecule has 1 saturated heterocycles. The van der Waals surface area contributed by atoms with Crippen molar-refractivity contribution >= 4 is 0 Å². The zero-order chi connectivity index (χ0) is 8.97. The Kier molecular flexibility index (Phi) is 4.02. The molecule has 1 atom stereocenters. The molecule has 12 heavy (non-hydrogen) atoms. The molecule has 0 saturated carbocycles. The maximum atomic E-state index is 5.78. The van der Waals surface area contributed by atoms with Crippen LogP contribution >= 0.6 is 0 Å². The van der Waals surface area contributed by atoms with Gasteiger partial charge in [0.15, 0.2) is 0 Å². The molecule has 0 bridgehead atoms. The lowest BCUT2D eigenvalue weighted by atomic mass is 9.91. The molecular weight excluding hydrogens is 148 g/mol. The van der Waals surface area contributed by atoms with Crippen LogP contribution in [0.3, 0.4) is 0 Å². The summed E-state index contributed by atoms with van der Waals surface area (Å²) < 4.78 is 0. The lowest BCUT2D eigenvalue weighted by Crippen LogP contribution is -2.35. The predicted molar refractivity (Wildman–Crippen MR) is 53.1 cm³/mol. The summed E-state index contributed by atoms with van der Waals surface area (Å²) in [6.45, 7) is 8.14. The van der Waals surface area contributed by atoms with E-state index in [1.165, 1.54) is 38.9 Å². The molecule has 0 radical (unpaired) electrons. The molecule has 1 aliphatic heterocycles. The van der Waals surface area contributed by atoms with Crippen LogP contribution in [0.5, 0.6) is 0 Å². The van der Waals surface area contributed by atoms with Crippen molar-refractivity contribution in [2.75, 3.05) is 19.6 Å². The molecule has 1 unspecified atom stereocenters. The van der Waals surface area contributed by atoms with E-state index in [-0.39, 0.29) is 0 Å². The van der Waals surface area contributed by atoms with E-state index >= 15 is 0 Å². The number of rotatable bonds is 3. The van der Waals surface area contributed by atoms with Gasteiger partial charge in [0.1, 0.15) is 0 Å². The normalized spacial score (nSPS) is 24.2. The molecule has 1 heterocycles. The van der Waals surface area contributed by atoms with Crippen LogP contribution in [0.25, 0.3) is 0 Å². The molecule has 1 fully saturated rings. The fourth-order valence-electron chi connectivity index (χ4n) is 2.06. The van der Waals surface area contributed by atoms with Crippen molar-refractivity contribution in [2.24, 2.45) is 11.7 Å². The smallest absolute Gasteiger partial charge is 0.00131 e. The fourth-order valence-corrected chi connectivity index (χ4v) is 2.06. The number of hydrogen-bond acceptors (Lipinski definition) is 2. The first-order valence-corrected chi connectivity index (χ1v) is 5.20. The van der Waals surface area contributed by atoms with Gasteiger partial charge < -0.3 is 10.6 Å². The third-order valence-corrected chi connectivity index (χ3v) is 2.86. The maximum absolute atomic E-state index is 5.78. The Morgan fingerprint density at radius 2 is 2.00 bits per heavy atom. The Morgan fingerprint density at radius 1 is 1.42 bits per heavy atom. The Balaban J connectivity index is 2.17. The van der Waals surface area contributed by atoms with Crippen molar-refractivity contribution < 1.29 is 0 Å². The Labute approximate surface area is 76.1 Å². The summed E-state index contributed by atoms with van der Waals surface area (Å²) in [5.41, 5.74) is 5.78. The zero-order valence-corrected chi connectivity index (χ0v) is 8.42. The summed E-state index contributed by atoms with van der Waals surface area (Å²) in [5.74, 6) is 0.896. The topological polar surface area (TPSA) is 29.3 Å². The lowest BCUT2D eigenvalue weighted by Gasteiger charge is -2.31. The van der Waals surface area contributed by atoms with Crippen LogP contribution in [0.1, 0.15) is 33.1 Å². The van der Waals surface area contributed by atoms with E-state index in [1.54, 1.807) is 0 Å². The summed E-state index contributed by atoms with van der Waals surface area (Å²) in [7, 11) is 0. The largest absolute Gasteiger partial charge is 0.328 e. The van der Waals surface area contributed by atoms with E-state index in [2.05, 4.69) is 18.7 Å². The number of likely N-dealkylation sites (tertiary alicyclic amines) is 1. The predicted octanol–water partition coefficient (Wildman–Crippen LogP) is 1.46. The van der Waals surface area contributed by atoms with Gasteiger partial charge in [-0.1, -0.05) is 6.92 Å². The fraction of sp³-hybridized carbons (Fsp3) is 1.00. The molecule has 0 spiro atoms. The highest BCUT2D eigenvalue weighted by molar-refractivity contribution is 4.73. The quantitative estimate of drug-likeness (QED) is 0.694. The second-order valence-corrected chi connectivity index (χ2v) is 4.09. The van der Waals surface area contributed by atoms with Gasteiger partial charge in [0.05, 0.1) is 0 Å². The van der Waals surface area contributed by atoms with Crippen LogP contribution in [-0.4, -0.2) is 30.6 Å². The molecule has 1 aliphatic rings. The maximum Gasteiger partial charge on any atom is 0.00131 e. The SMILES string of the molecule is CCN1CCC(CC(C)N)CC1. The van der Waals surface area contributed by atoms with Gasteiger partial charge in [-0.25, -0.2) is 0 Å². The van der Waals surface area contributed by atoms with Crippen LogP contribution in [0.4, 0.5) is 0 Å². The van der Waals surface area contributed by atoms with E-state index in [4.69, 9.17) is 5.73 Å². The first-order valence-electron chi connectivity index (χ1n) is 5.20. The molecule has 2 nitrogen and oxygen atoms in total. The van der Waals surface area contributed by atoms with Crippen molar-refractivity contribution in [3.63, 3.8) is 0 Å². The molecule has 2 heteroatoms. The number of hydrogen-bond donors (Lipinski definition) is 1. The summed E-state index contributed by atoms with van der Waals surface area (Å²) in [6, 6.07) is 0.392. The van der Waals surface area contributed by atoms with Gasteiger partial charge >= 0.3 is 0 Å². The van der Waals surface area contributed by atoms with Gasteiger partial charge in [-0.05, 0) is 51.7 Å². The highest BCUT2D eigenvalue weighted by Crippen LogP contribution is 2.20. The van der Waals surface area contributed by atoms with Crippen LogP contribution in [0.15, 0.2) is 0 Å². The van der Waals surface area contributed by atoms with E-state index in [1.807, 2.05) is 0 Å². The van der Waals surface area contributed by atoms with E-state index in [0.29, 0.717) is 6.04 Å². The van der Waals surface area contributed by atoms with Crippen LogP contribution in [0, 0.1) is 5.92 Å². The van der Waals surface area contributed by atoms with Gasteiger partial charge in [-0.3, -0.25) is 0 Å². The molecule has 72 valence electrons. The molecule has 0 aromatic rings. The highest BCUT2D eigenvalue weighted by atomic mass is 15.1. The Hall–Kier alpha value is -0.0800. The van der Waals surface area contributed by atoms with Gasteiger partial charge in [-0.15, -0.1) is 0 Å². The number of nitrogens with zero attached hydrogens (tertiary/aromatic N) is 1. The van der Waals surface area contributed by atoms with Crippen molar-refractivity contribution in [3.05, 3.63) is 0 Å². The highest BCUT2D eigenvalue weighted by Gasteiger charge is 2.18. The first-order chi connectivity index (χ1) is 5.72. The van der Waals surface area contributed by atoms with Gasteiger partial charge in [-0.2, -0.15) is 0 Å². The minimum Gasteiger partial charge on any atom is -0.328 e. The van der Waals surface area contributed by atoms with Gasteiger partial charge in [0.25, 0.3) is 0 Å². The summed E-state index contributed by atoms with van der Waals surface area (Å²) >= 11 is 0. The van der Waals surface area contributed by atoms with Crippen LogP contribution < -0.4 is 5.73 Å². The van der Waals surface area contributed by atoms with Crippen molar-refractivity contribution in [1.29, 1.82) is 0 Å². The molecule has 0 aromatic carbocycles. The van der Waals surface area contributed by atoms with Gasteiger partial charge in [0, 0.05) is 6.04 Å². The van der Waals surface area contributed by atoms with E-state index in [0.717, 1.165) is 5.92 Å². The number of piperidine rings is 1. The first kappa shape index (κ1) is 10.0. The molecule has 0 aliphatic carbocycles. The molecular formula is C10H22N2. The van der Waals surface area contributed by atoms with Crippen molar-refractivity contribution in [2.45, 2.75) is 39.2 Å². The average Bonchev–Trinajstić information content (AvgIpc) is 2.05. The molecule has 0 aromatic heterocycles. The summed E-state index contributed by atoms with van der Waals surface area (Å²) in [5, 5.41) is 0. The standard InChI is InChI=1S/C10H22N2/c1-3-12-6-4-10(5-7-12)8-9(2)11/h9-10H,3-8,11H2,1-2H3. The molecule has 0 amide bonds. The van der Waals surface area contributed by atoms with E-state index < -0.39 is 0 Å². The summed E-state index contributed by atoms with van der Waals surface area (Å²) in [4.78, 5) is 2.53. The molecule has 2 N–H and O–H groups in total. The number of nitrogens with two attached hydrogens (primary N) is 1. The Bertz CT molecular complexity index is 115. The lowest BCUT2D eigenvalue weighted by molar-refractivity contribution is 0.183. The Morgan fingerprint density at radius 3 is 2.42 bits per heavy atom. The van der Waals surface area contributed by atoms with Crippen molar-refractivity contribution in [1.82, 2.24) is 4.90 Å². The third-order valence-electron chi connectivity index (χ3n) is 2.86. The van der Waals surface area contributed by atoms with Crippen LogP contribution in [0.2, 0.25) is 0 Å².